The van der Waals surface area contributed by atoms with Crippen LogP contribution in [0.5, 0.6) is 0 Å². The van der Waals surface area contributed by atoms with Crippen LogP contribution in [0.4, 0.5) is 0 Å². The molecule has 0 radical (unpaired) electrons. The van der Waals surface area contributed by atoms with Gasteiger partial charge in [0, 0.05) is 18.9 Å². The maximum absolute atomic E-state index is 9.88. The highest BCUT2D eigenvalue weighted by molar-refractivity contribution is 5.00. The monoisotopic (exact) mass is 250 g/mol. The number of aryl methyl sites for hydroxylation is 1. The third-order valence-corrected chi connectivity index (χ3v) is 4.21. The van der Waals surface area contributed by atoms with E-state index in [9.17, 15) is 5.11 Å². The molecule has 18 heavy (non-hydrogen) atoms. The van der Waals surface area contributed by atoms with Crippen molar-refractivity contribution in [3.05, 3.63) is 11.6 Å². The van der Waals surface area contributed by atoms with Gasteiger partial charge in [-0.05, 0) is 38.8 Å². The predicted octanol–water partition coefficient (Wildman–Crippen LogP) is 1.13. The van der Waals surface area contributed by atoms with E-state index >= 15 is 0 Å². The Morgan fingerprint density at radius 1 is 1.33 bits per heavy atom. The number of likely N-dealkylation sites (N-methyl/N-ethyl adjacent to an activating group) is 1. The molecule has 0 amide bonds. The first-order valence-electron chi connectivity index (χ1n) is 7.14. The fraction of sp³-hybridized carbons (Fsp3) is 0.846. The molecule has 5 nitrogen and oxygen atoms in total. The van der Waals surface area contributed by atoms with Crippen molar-refractivity contribution in [3.63, 3.8) is 0 Å². The van der Waals surface area contributed by atoms with Crippen LogP contribution in [0.3, 0.4) is 0 Å². The number of fused-ring (bicyclic) bond motifs is 1. The minimum Gasteiger partial charge on any atom is -0.372 e. The summed E-state index contributed by atoms with van der Waals surface area (Å²) in [7, 11) is 0. The van der Waals surface area contributed by atoms with E-state index in [0.717, 1.165) is 43.9 Å². The Kier molecular flexibility index (Phi) is 3.35. The maximum Gasteiger partial charge on any atom is 0.152 e. The Bertz CT molecular complexity index is 417. The third-order valence-electron chi connectivity index (χ3n) is 4.21. The van der Waals surface area contributed by atoms with Crippen molar-refractivity contribution in [1.82, 2.24) is 19.7 Å². The molecule has 3 heterocycles. The molecule has 0 aliphatic carbocycles. The van der Waals surface area contributed by atoms with Crippen LogP contribution in [-0.2, 0) is 12.8 Å². The SMILES string of the molecule is CCN1CCCC1Cc1nc2n(n1)C(O)CCC2. The van der Waals surface area contributed by atoms with Gasteiger partial charge in [-0.25, -0.2) is 9.67 Å². The number of aliphatic hydroxyl groups excluding tert-OH is 1. The summed E-state index contributed by atoms with van der Waals surface area (Å²) < 4.78 is 1.73. The minimum atomic E-state index is -0.458. The molecular formula is C13H22N4O. The molecule has 0 bridgehead atoms. The molecule has 1 fully saturated rings. The number of nitrogens with zero attached hydrogens (tertiary/aromatic N) is 4. The van der Waals surface area contributed by atoms with Crippen molar-refractivity contribution in [2.75, 3.05) is 13.1 Å². The van der Waals surface area contributed by atoms with Crippen molar-refractivity contribution >= 4 is 0 Å². The zero-order chi connectivity index (χ0) is 12.5. The number of hydrogen-bond acceptors (Lipinski definition) is 4. The van der Waals surface area contributed by atoms with E-state index in [4.69, 9.17) is 0 Å². The Hall–Kier alpha value is -0.940. The van der Waals surface area contributed by atoms with E-state index in [1.807, 2.05) is 0 Å². The van der Waals surface area contributed by atoms with Crippen LogP contribution in [-0.4, -0.2) is 43.9 Å². The largest absolute Gasteiger partial charge is 0.372 e. The standard InChI is InChI=1S/C13H22N4O/c1-2-16-8-4-5-10(16)9-11-14-12-6-3-7-13(18)17(12)15-11/h10,13,18H,2-9H2,1H3. The first-order chi connectivity index (χ1) is 8.78. The molecule has 1 aromatic rings. The van der Waals surface area contributed by atoms with E-state index < -0.39 is 6.23 Å². The lowest BCUT2D eigenvalue weighted by atomic mass is 10.1. The topological polar surface area (TPSA) is 54.2 Å². The molecular weight excluding hydrogens is 228 g/mol. The van der Waals surface area contributed by atoms with Gasteiger partial charge < -0.3 is 10.0 Å². The molecule has 0 saturated carbocycles. The van der Waals surface area contributed by atoms with Crippen LogP contribution in [0.2, 0.25) is 0 Å². The summed E-state index contributed by atoms with van der Waals surface area (Å²) in [5.74, 6) is 1.88. The number of aromatic nitrogens is 3. The molecule has 2 aliphatic heterocycles. The molecule has 2 atom stereocenters. The van der Waals surface area contributed by atoms with Gasteiger partial charge in [0.05, 0.1) is 0 Å². The van der Waals surface area contributed by atoms with Crippen molar-refractivity contribution in [3.8, 4) is 0 Å². The van der Waals surface area contributed by atoms with E-state index in [1.54, 1.807) is 4.68 Å². The summed E-state index contributed by atoms with van der Waals surface area (Å²) in [5.41, 5.74) is 0. The Morgan fingerprint density at radius 3 is 3.00 bits per heavy atom. The van der Waals surface area contributed by atoms with Gasteiger partial charge >= 0.3 is 0 Å². The Labute approximate surface area is 108 Å². The second-order valence-electron chi connectivity index (χ2n) is 5.39. The zero-order valence-corrected chi connectivity index (χ0v) is 11.0. The number of rotatable bonds is 3. The lowest BCUT2D eigenvalue weighted by molar-refractivity contribution is 0.0642. The molecule has 3 rings (SSSR count). The van der Waals surface area contributed by atoms with Gasteiger partial charge in [-0.1, -0.05) is 6.92 Å². The van der Waals surface area contributed by atoms with Gasteiger partial charge in [-0.2, -0.15) is 5.10 Å². The number of likely N-dealkylation sites (tertiary alicyclic amines) is 1. The van der Waals surface area contributed by atoms with Gasteiger partial charge in [0.2, 0.25) is 0 Å². The average molecular weight is 250 g/mol. The van der Waals surface area contributed by atoms with Crippen molar-refractivity contribution in [2.24, 2.45) is 0 Å². The quantitative estimate of drug-likeness (QED) is 0.874. The van der Waals surface area contributed by atoms with Crippen LogP contribution in [0.15, 0.2) is 0 Å². The molecule has 2 aliphatic rings. The normalized spacial score (nSPS) is 28.6. The van der Waals surface area contributed by atoms with Crippen LogP contribution in [0.25, 0.3) is 0 Å². The molecule has 1 aromatic heterocycles. The Balaban J connectivity index is 1.73. The first-order valence-corrected chi connectivity index (χ1v) is 7.14. The van der Waals surface area contributed by atoms with Gasteiger partial charge in [0.25, 0.3) is 0 Å². The first kappa shape index (κ1) is 12.1. The highest BCUT2D eigenvalue weighted by Crippen LogP contribution is 2.23. The molecule has 1 saturated heterocycles. The van der Waals surface area contributed by atoms with E-state index in [-0.39, 0.29) is 0 Å². The van der Waals surface area contributed by atoms with Gasteiger partial charge in [-0.15, -0.1) is 0 Å². The zero-order valence-electron chi connectivity index (χ0n) is 11.0. The second kappa shape index (κ2) is 4.97. The minimum absolute atomic E-state index is 0.458. The predicted molar refractivity (Wildman–Crippen MR) is 68.2 cm³/mol. The van der Waals surface area contributed by atoms with Gasteiger partial charge in [0.15, 0.2) is 5.82 Å². The van der Waals surface area contributed by atoms with E-state index in [0.29, 0.717) is 6.04 Å². The lowest BCUT2D eigenvalue weighted by Crippen LogP contribution is -2.31. The van der Waals surface area contributed by atoms with E-state index in [2.05, 4.69) is 21.9 Å². The molecule has 0 spiro atoms. The summed E-state index contributed by atoms with van der Waals surface area (Å²) in [6.07, 6.45) is 5.78. The Morgan fingerprint density at radius 2 is 2.22 bits per heavy atom. The van der Waals surface area contributed by atoms with Crippen LogP contribution in [0, 0.1) is 0 Å². The lowest BCUT2D eigenvalue weighted by Gasteiger charge is -2.21. The van der Waals surface area contributed by atoms with Crippen LogP contribution < -0.4 is 0 Å². The number of hydrogen-bond donors (Lipinski definition) is 1. The van der Waals surface area contributed by atoms with Crippen molar-refractivity contribution < 1.29 is 5.11 Å². The fourth-order valence-electron chi connectivity index (χ4n) is 3.22. The average Bonchev–Trinajstić information content (AvgIpc) is 2.96. The molecule has 100 valence electrons. The van der Waals surface area contributed by atoms with Crippen LogP contribution in [0.1, 0.15) is 50.5 Å². The fourth-order valence-corrected chi connectivity index (χ4v) is 3.22. The second-order valence-corrected chi connectivity index (χ2v) is 5.39. The third kappa shape index (κ3) is 2.17. The smallest absolute Gasteiger partial charge is 0.152 e. The summed E-state index contributed by atoms with van der Waals surface area (Å²) in [5, 5.41) is 14.4. The van der Waals surface area contributed by atoms with Crippen LogP contribution >= 0.6 is 0 Å². The molecule has 2 unspecified atom stereocenters. The summed E-state index contributed by atoms with van der Waals surface area (Å²) in [6, 6.07) is 0.594. The van der Waals surface area contributed by atoms with Gasteiger partial charge in [-0.3, -0.25) is 0 Å². The van der Waals surface area contributed by atoms with Gasteiger partial charge in [0.1, 0.15) is 12.1 Å². The molecule has 5 heteroatoms. The highest BCUT2D eigenvalue weighted by atomic mass is 16.3. The summed E-state index contributed by atoms with van der Waals surface area (Å²) in [4.78, 5) is 7.11. The molecule has 0 aromatic carbocycles. The summed E-state index contributed by atoms with van der Waals surface area (Å²) >= 11 is 0. The molecule has 1 N–H and O–H groups in total. The maximum atomic E-state index is 9.88. The van der Waals surface area contributed by atoms with Crippen molar-refractivity contribution in [1.29, 1.82) is 0 Å². The number of aliphatic hydroxyl groups is 1. The summed E-state index contributed by atoms with van der Waals surface area (Å²) in [6.45, 7) is 4.53. The van der Waals surface area contributed by atoms with Crippen molar-refractivity contribution in [2.45, 2.75) is 57.7 Å². The van der Waals surface area contributed by atoms with E-state index in [1.165, 1.54) is 19.4 Å². The highest BCUT2D eigenvalue weighted by Gasteiger charge is 2.26.